The van der Waals surface area contributed by atoms with Crippen molar-refractivity contribution >= 4 is 46.5 Å². The molecule has 2 rings (SSSR count). The number of carbonyl (C=O) groups excluding carboxylic acids is 1. The second kappa shape index (κ2) is 6.58. The van der Waals surface area contributed by atoms with Gasteiger partial charge in [0.15, 0.2) is 5.17 Å². The third kappa shape index (κ3) is 4.11. The van der Waals surface area contributed by atoms with Crippen molar-refractivity contribution in [3.05, 3.63) is 39.8 Å². The molecule has 0 fully saturated rings. The number of carboxylic acid groups (broad SMARTS) is 1. The molecule has 0 radical (unpaired) electrons. The molecule has 1 amide bonds. The zero-order valence-corrected chi connectivity index (χ0v) is 11.9. The number of halogens is 1. The summed E-state index contributed by atoms with van der Waals surface area (Å²) in [5.41, 5.74) is 0.710. The second-order valence-corrected chi connectivity index (χ2v) is 5.42. The Hall–Kier alpha value is -1.79. The number of carbonyl (C=O) groups is 2. The summed E-state index contributed by atoms with van der Waals surface area (Å²) in [6.07, 6.45) is 1.83. The van der Waals surface area contributed by atoms with Crippen molar-refractivity contribution in [2.24, 2.45) is 4.99 Å². The molecule has 0 atom stereocenters. The predicted molar refractivity (Wildman–Crippen MR) is 79.7 cm³/mol. The molecule has 20 heavy (non-hydrogen) atoms. The van der Waals surface area contributed by atoms with E-state index in [0.717, 1.165) is 11.8 Å². The van der Waals surface area contributed by atoms with Gasteiger partial charge in [0.25, 0.3) is 0 Å². The van der Waals surface area contributed by atoms with Gasteiger partial charge in [-0.05, 0) is 35.5 Å². The molecule has 1 aromatic rings. The van der Waals surface area contributed by atoms with E-state index in [4.69, 9.17) is 11.6 Å². The number of rotatable bonds is 3. The van der Waals surface area contributed by atoms with Crippen molar-refractivity contribution in [1.82, 2.24) is 5.32 Å². The molecule has 0 unspecified atom stereocenters. The highest BCUT2D eigenvalue weighted by Gasteiger charge is 2.17. The van der Waals surface area contributed by atoms with Gasteiger partial charge in [0, 0.05) is 11.4 Å². The van der Waals surface area contributed by atoms with Crippen molar-refractivity contribution in [3.8, 4) is 0 Å². The van der Waals surface area contributed by atoms with Gasteiger partial charge in [-0.2, -0.15) is 0 Å². The Kier molecular flexibility index (Phi) is 4.81. The van der Waals surface area contributed by atoms with E-state index < -0.39 is 5.97 Å². The fourth-order valence-corrected chi connectivity index (χ4v) is 2.42. The van der Waals surface area contributed by atoms with Crippen LogP contribution in [0.25, 0.3) is 6.08 Å². The van der Waals surface area contributed by atoms with Gasteiger partial charge in [-0.25, -0.2) is 4.79 Å². The summed E-state index contributed by atoms with van der Waals surface area (Å²) in [4.78, 5) is 26.6. The maximum absolute atomic E-state index is 11.2. The van der Waals surface area contributed by atoms with Crippen LogP contribution in [0.1, 0.15) is 12.0 Å². The van der Waals surface area contributed by atoms with Crippen LogP contribution in [-0.4, -0.2) is 28.7 Å². The zero-order valence-electron chi connectivity index (χ0n) is 10.3. The number of nitrogens with zero attached hydrogens (tertiary/aromatic N) is 1. The topological polar surface area (TPSA) is 78.8 Å². The van der Waals surface area contributed by atoms with Gasteiger partial charge in [0.05, 0.1) is 6.54 Å². The van der Waals surface area contributed by atoms with Crippen molar-refractivity contribution in [2.45, 2.75) is 6.42 Å². The van der Waals surface area contributed by atoms with E-state index in [1.165, 1.54) is 6.08 Å². The van der Waals surface area contributed by atoms with E-state index in [2.05, 4.69) is 10.3 Å². The second-order valence-electron chi connectivity index (χ2n) is 3.95. The lowest BCUT2D eigenvalue weighted by Crippen LogP contribution is -2.33. The first kappa shape index (κ1) is 14.6. The third-order valence-corrected chi connectivity index (χ3v) is 3.61. The number of aliphatic imine (C=N–C) groups is 1. The molecule has 2 N–H and O–H groups in total. The van der Waals surface area contributed by atoms with E-state index in [-0.39, 0.29) is 10.8 Å². The Bertz CT molecular complexity index is 596. The zero-order chi connectivity index (χ0) is 14.5. The summed E-state index contributed by atoms with van der Waals surface area (Å²) >= 11 is 6.70. The van der Waals surface area contributed by atoms with E-state index in [9.17, 15) is 14.7 Å². The summed E-state index contributed by atoms with van der Waals surface area (Å²) in [5, 5.41) is 12.6. The molecule has 0 aromatic heterocycles. The minimum atomic E-state index is -1.08. The van der Waals surface area contributed by atoms with Gasteiger partial charge in [0.2, 0.25) is 5.91 Å². The molecule has 0 aliphatic carbocycles. The van der Waals surface area contributed by atoms with Gasteiger partial charge >= 0.3 is 5.97 Å². The number of amidine groups is 1. The lowest BCUT2D eigenvalue weighted by Gasteiger charge is -2.12. The van der Waals surface area contributed by atoms with E-state index >= 15 is 0 Å². The third-order valence-electron chi connectivity index (χ3n) is 2.43. The normalized spacial score (nSPS) is 15.6. The molecule has 1 aromatic carbocycles. The van der Waals surface area contributed by atoms with Crippen LogP contribution in [0.2, 0.25) is 5.02 Å². The monoisotopic (exact) mass is 310 g/mol. The van der Waals surface area contributed by atoms with E-state index in [0.29, 0.717) is 28.7 Å². The van der Waals surface area contributed by atoms with Crippen LogP contribution < -0.4 is 5.32 Å². The Balaban J connectivity index is 2.19. The fraction of sp³-hybridized carbons (Fsp3) is 0.154. The molecule has 0 saturated heterocycles. The van der Waals surface area contributed by atoms with Crippen molar-refractivity contribution in [3.63, 3.8) is 0 Å². The lowest BCUT2D eigenvalue weighted by atomic mass is 10.2. The van der Waals surface area contributed by atoms with Crippen molar-refractivity contribution in [2.75, 3.05) is 6.54 Å². The number of thioether (sulfide) groups is 1. The minimum Gasteiger partial charge on any atom is -0.477 e. The average molecular weight is 311 g/mol. The molecule has 0 bridgehead atoms. The molecule has 1 aliphatic rings. The molecule has 0 spiro atoms. The highest BCUT2D eigenvalue weighted by atomic mass is 35.5. The van der Waals surface area contributed by atoms with Gasteiger partial charge < -0.3 is 10.4 Å². The molecule has 7 heteroatoms. The van der Waals surface area contributed by atoms with Crippen LogP contribution in [0.15, 0.2) is 34.2 Å². The standard InChI is InChI=1S/C13H11ClN2O3S/c14-9-3-1-8(2-4-9)7-10(12(18)19)20-13-15-6-5-11(17)16-13/h1-4,7H,5-6H2,(H,18,19)(H,15,16,17)/b10-7+. The van der Waals surface area contributed by atoms with E-state index in [1.54, 1.807) is 24.3 Å². The van der Waals surface area contributed by atoms with Gasteiger partial charge in [-0.15, -0.1) is 0 Å². The summed E-state index contributed by atoms with van der Waals surface area (Å²) in [7, 11) is 0. The summed E-state index contributed by atoms with van der Waals surface area (Å²) < 4.78 is 0. The Morgan fingerprint density at radius 1 is 1.40 bits per heavy atom. The first-order valence-corrected chi connectivity index (χ1v) is 6.97. The number of amides is 1. The lowest BCUT2D eigenvalue weighted by molar-refractivity contribution is -0.131. The molecular weight excluding hydrogens is 300 g/mol. The van der Waals surface area contributed by atoms with E-state index in [1.807, 2.05) is 0 Å². The Morgan fingerprint density at radius 3 is 2.70 bits per heavy atom. The van der Waals surface area contributed by atoms with Crippen molar-refractivity contribution < 1.29 is 14.7 Å². The quantitative estimate of drug-likeness (QED) is 0.840. The molecule has 5 nitrogen and oxygen atoms in total. The smallest absolute Gasteiger partial charge is 0.342 e. The largest absolute Gasteiger partial charge is 0.477 e. The van der Waals surface area contributed by atoms with Crippen LogP contribution in [0, 0.1) is 0 Å². The minimum absolute atomic E-state index is 0.0771. The number of benzene rings is 1. The number of aliphatic carboxylic acids is 1. The van der Waals surface area contributed by atoms with Crippen molar-refractivity contribution in [1.29, 1.82) is 0 Å². The molecule has 1 aliphatic heterocycles. The summed E-state index contributed by atoms with van der Waals surface area (Å²) in [6.45, 7) is 0.377. The predicted octanol–water partition coefficient (Wildman–Crippen LogP) is 2.37. The SMILES string of the molecule is O=C1CCN=C(S/C(=C/c2ccc(Cl)cc2)C(=O)O)N1. The van der Waals surface area contributed by atoms with Crippen LogP contribution >= 0.6 is 23.4 Å². The Labute approximate surface area is 124 Å². The van der Waals surface area contributed by atoms with Crippen LogP contribution in [0.4, 0.5) is 0 Å². The summed E-state index contributed by atoms with van der Waals surface area (Å²) in [6, 6.07) is 6.79. The van der Waals surface area contributed by atoms with Crippen LogP contribution in [-0.2, 0) is 9.59 Å². The first-order chi connectivity index (χ1) is 9.54. The summed E-state index contributed by atoms with van der Waals surface area (Å²) in [5.74, 6) is -1.23. The fourth-order valence-electron chi connectivity index (χ4n) is 1.49. The molecule has 104 valence electrons. The molecular formula is C13H11ClN2O3S. The van der Waals surface area contributed by atoms with Gasteiger partial charge in [-0.1, -0.05) is 23.7 Å². The first-order valence-electron chi connectivity index (χ1n) is 5.77. The molecule has 0 saturated carbocycles. The average Bonchev–Trinajstić information content (AvgIpc) is 2.40. The van der Waals surface area contributed by atoms with Gasteiger partial charge in [-0.3, -0.25) is 9.79 Å². The van der Waals surface area contributed by atoms with Crippen LogP contribution in [0.5, 0.6) is 0 Å². The highest BCUT2D eigenvalue weighted by molar-refractivity contribution is 8.18. The maximum Gasteiger partial charge on any atom is 0.342 e. The number of carboxylic acids is 1. The van der Waals surface area contributed by atoms with Crippen LogP contribution in [0.3, 0.4) is 0 Å². The number of hydrogen-bond donors (Lipinski definition) is 2. The number of nitrogens with one attached hydrogen (secondary N) is 1. The Morgan fingerprint density at radius 2 is 2.10 bits per heavy atom. The maximum atomic E-state index is 11.2. The number of hydrogen-bond acceptors (Lipinski definition) is 4. The van der Waals surface area contributed by atoms with Gasteiger partial charge in [0.1, 0.15) is 4.91 Å². The molecule has 1 heterocycles. The highest BCUT2D eigenvalue weighted by Crippen LogP contribution is 2.22.